The van der Waals surface area contributed by atoms with Crippen molar-refractivity contribution in [2.75, 3.05) is 18.4 Å². The Bertz CT molecular complexity index is 501. The number of carbonyl (C=O) groups excluding carboxylic acids is 1. The molecular weight excluding hydrogens is 253 g/mol. The Hall–Kier alpha value is -2.02. The fraction of sp³-hybridized carbons (Fsp3) is 0.417. The lowest BCUT2D eigenvalue weighted by Crippen LogP contribution is -2.37. The molecule has 1 amide bonds. The van der Waals surface area contributed by atoms with Crippen LogP contribution in [-0.4, -0.2) is 23.9 Å². The molecule has 0 aliphatic carbocycles. The van der Waals surface area contributed by atoms with Gasteiger partial charge >= 0.3 is 0 Å². The number of anilines is 1. The summed E-state index contributed by atoms with van der Waals surface area (Å²) < 4.78 is 13.0. The summed E-state index contributed by atoms with van der Waals surface area (Å²) in [5.41, 5.74) is -0.404. The van der Waals surface area contributed by atoms with Crippen LogP contribution in [0.2, 0.25) is 0 Å². The van der Waals surface area contributed by atoms with Crippen molar-refractivity contribution in [3.05, 3.63) is 34.1 Å². The van der Waals surface area contributed by atoms with Gasteiger partial charge in [-0.25, -0.2) is 4.39 Å². The zero-order chi connectivity index (χ0) is 13.8. The van der Waals surface area contributed by atoms with E-state index in [4.69, 9.17) is 0 Å². The number of carbonyl (C=O) groups is 1. The predicted molar refractivity (Wildman–Crippen MR) is 67.3 cm³/mol. The van der Waals surface area contributed by atoms with Crippen LogP contribution in [0.15, 0.2) is 18.2 Å². The van der Waals surface area contributed by atoms with Crippen molar-refractivity contribution in [3.63, 3.8) is 0 Å². The molecule has 0 bridgehead atoms. The molecule has 1 aromatic carbocycles. The number of halogens is 1. The molecule has 1 aliphatic rings. The van der Waals surface area contributed by atoms with Crippen LogP contribution in [0.5, 0.6) is 0 Å². The van der Waals surface area contributed by atoms with E-state index in [0.717, 1.165) is 31.5 Å². The highest BCUT2D eigenvalue weighted by molar-refractivity contribution is 5.94. The number of piperidine rings is 1. The highest BCUT2D eigenvalue weighted by Crippen LogP contribution is 2.26. The number of amides is 1. The second-order valence-corrected chi connectivity index (χ2v) is 4.45. The van der Waals surface area contributed by atoms with Gasteiger partial charge in [-0.15, -0.1) is 0 Å². The molecule has 7 heteroatoms. The van der Waals surface area contributed by atoms with Crippen LogP contribution in [0, 0.1) is 21.8 Å². The lowest BCUT2D eigenvalue weighted by Gasteiger charge is -2.21. The molecule has 2 N–H and O–H groups in total. The van der Waals surface area contributed by atoms with E-state index in [1.807, 2.05) is 0 Å². The van der Waals surface area contributed by atoms with Crippen LogP contribution in [0.4, 0.5) is 15.8 Å². The Morgan fingerprint density at radius 3 is 2.95 bits per heavy atom. The number of hydrogen-bond donors (Lipinski definition) is 2. The largest absolute Gasteiger partial charge is 0.320 e. The molecule has 0 aromatic heterocycles. The molecule has 1 saturated heterocycles. The Balaban J connectivity index is 2.13. The van der Waals surface area contributed by atoms with E-state index in [1.165, 1.54) is 6.07 Å². The SMILES string of the molecule is O=C(Nc1ccc(F)cc1[N+](=O)[O-])C1CCCNC1. The minimum Gasteiger partial charge on any atom is -0.320 e. The van der Waals surface area contributed by atoms with E-state index in [9.17, 15) is 19.3 Å². The van der Waals surface area contributed by atoms with Crippen LogP contribution >= 0.6 is 0 Å². The summed E-state index contributed by atoms with van der Waals surface area (Å²) in [5, 5.41) is 16.4. The van der Waals surface area contributed by atoms with E-state index in [1.54, 1.807) is 0 Å². The summed E-state index contributed by atoms with van der Waals surface area (Å²) in [7, 11) is 0. The standard InChI is InChI=1S/C12H14FN3O3/c13-9-3-4-10(11(6-9)16(18)19)15-12(17)8-2-1-5-14-7-8/h3-4,6,8,14H,1-2,5,7H2,(H,15,17). The van der Waals surface area contributed by atoms with Crippen LogP contribution in [0.3, 0.4) is 0 Å². The maximum atomic E-state index is 13.0. The fourth-order valence-corrected chi connectivity index (χ4v) is 2.07. The topological polar surface area (TPSA) is 84.3 Å². The minimum absolute atomic E-state index is 0.0296. The van der Waals surface area contributed by atoms with Crippen molar-refractivity contribution in [1.29, 1.82) is 0 Å². The van der Waals surface area contributed by atoms with Gasteiger partial charge in [-0.2, -0.15) is 0 Å². The monoisotopic (exact) mass is 267 g/mol. The van der Waals surface area contributed by atoms with Crippen LogP contribution in [0.25, 0.3) is 0 Å². The number of nitrogens with one attached hydrogen (secondary N) is 2. The first kappa shape index (κ1) is 13.4. The molecule has 1 aromatic rings. The van der Waals surface area contributed by atoms with E-state index in [-0.39, 0.29) is 17.5 Å². The van der Waals surface area contributed by atoms with E-state index in [2.05, 4.69) is 10.6 Å². The maximum absolute atomic E-state index is 13.0. The molecule has 2 rings (SSSR count). The molecule has 0 saturated carbocycles. The first-order chi connectivity index (χ1) is 9.08. The van der Waals surface area contributed by atoms with Gasteiger partial charge in [0.05, 0.1) is 16.9 Å². The molecule has 102 valence electrons. The Labute approximate surface area is 109 Å². The van der Waals surface area contributed by atoms with E-state index >= 15 is 0 Å². The summed E-state index contributed by atoms with van der Waals surface area (Å²) in [6.07, 6.45) is 1.64. The summed E-state index contributed by atoms with van der Waals surface area (Å²) in [4.78, 5) is 22.1. The molecule has 1 fully saturated rings. The minimum atomic E-state index is -0.711. The number of nitrogens with zero attached hydrogens (tertiary/aromatic N) is 1. The molecule has 6 nitrogen and oxygen atoms in total. The number of hydrogen-bond acceptors (Lipinski definition) is 4. The predicted octanol–water partition coefficient (Wildman–Crippen LogP) is 1.67. The summed E-state index contributed by atoms with van der Waals surface area (Å²) >= 11 is 0. The molecule has 0 spiro atoms. The quantitative estimate of drug-likeness (QED) is 0.644. The lowest BCUT2D eigenvalue weighted by molar-refractivity contribution is -0.384. The maximum Gasteiger partial charge on any atom is 0.295 e. The first-order valence-corrected chi connectivity index (χ1v) is 6.03. The smallest absolute Gasteiger partial charge is 0.295 e. The van der Waals surface area contributed by atoms with Gasteiger partial charge in [0, 0.05) is 6.54 Å². The summed E-state index contributed by atoms with van der Waals surface area (Å²) in [6, 6.07) is 3.10. The van der Waals surface area contributed by atoms with Gasteiger partial charge in [-0.3, -0.25) is 14.9 Å². The third-order valence-corrected chi connectivity index (χ3v) is 3.08. The zero-order valence-corrected chi connectivity index (χ0v) is 10.2. The molecule has 1 atom stereocenters. The zero-order valence-electron chi connectivity index (χ0n) is 10.2. The van der Waals surface area contributed by atoms with Crippen LogP contribution < -0.4 is 10.6 Å². The molecule has 1 unspecified atom stereocenters. The van der Waals surface area contributed by atoms with Crippen molar-refractivity contribution in [1.82, 2.24) is 5.32 Å². The van der Waals surface area contributed by atoms with Gasteiger partial charge in [0.25, 0.3) is 5.69 Å². The Morgan fingerprint density at radius 2 is 2.32 bits per heavy atom. The lowest BCUT2D eigenvalue weighted by atomic mass is 9.99. The highest BCUT2D eigenvalue weighted by atomic mass is 19.1. The molecular formula is C12H14FN3O3. The Morgan fingerprint density at radius 1 is 1.53 bits per heavy atom. The van der Waals surface area contributed by atoms with Crippen LogP contribution in [-0.2, 0) is 4.79 Å². The van der Waals surface area contributed by atoms with Crippen molar-refractivity contribution in [2.24, 2.45) is 5.92 Å². The van der Waals surface area contributed by atoms with Crippen molar-refractivity contribution in [2.45, 2.75) is 12.8 Å². The summed E-state index contributed by atoms with van der Waals surface area (Å²) in [5.74, 6) is -1.19. The second-order valence-electron chi connectivity index (χ2n) is 4.45. The summed E-state index contributed by atoms with van der Waals surface area (Å²) in [6.45, 7) is 1.43. The number of nitro benzene ring substituents is 1. The van der Waals surface area contributed by atoms with Crippen molar-refractivity contribution in [3.8, 4) is 0 Å². The number of nitro groups is 1. The average molecular weight is 267 g/mol. The fourth-order valence-electron chi connectivity index (χ4n) is 2.07. The van der Waals surface area contributed by atoms with Gasteiger partial charge in [0.1, 0.15) is 11.5 Å². The number of benzene rings is 1. The highest BCUT2D eigenvalue weighted by Gasteiger charge is 2.23. The van der Waals surface area contributed by atoms with Gasteiger partial charge < -0.3 is 10.6 Å². The second kappa shape index (κ2) is 5.75. The molecule has 1 heterocycles. The average Bonchev–Trinajstić information content (AvgIpc) is 2.41. The number of rotatable bonds is 3. The van der Waals surface area contributed by atoms with Gasteiger partial charge in [0.15, 0.2) is 0 Å². The molecule has 19 heavy (non-hydrogen) atoms. The third-order valence-electron chi connectivity index (χ3n) is 3.08. The van der Waals surface area contributed by atoms with Crippen molar-refractivity contribution >= 4 is 17.3 Å². The van der Waals surface area contributed by atoms with Crippen molar-refractivity contribution < 1.29 is 14.1 Å². The van der Waals surface area contributed by atoms with Crippen LogP contribution in [0.1, 0.15) is 12.8 Å². The van der Waals surface area contributed by atoms with Gasteiger partial charge in [-0.1, -0.05) is 0 Å². The normalized spacial score (nSPS) is 18.9. The van der Waals surface area contributed by atoms with E-state index in [0.29, 0.717) is 6.54 Å². The van der Waals surface area contributed by atoms with Gasteiger partial charge in [-0.05, 0) is 31.5 Å². The van der Waals surface area contributed by atoms with E-state index < -0.39 is 16.4 Å². The van der Waals surface area contributed by atoms with Gasteiger partial charge in [0.2, 0.25) is 5.91 Å². The third kappa shape index (κ3) is 3.25. The Kier molecular flexibility index (Phi) is 4.06. The molecule has 1 aliphatic heterocycles. The molecule has 0 radical (unpaired) electrons. The first-order valence-electron chi connectivity index (χ1n) is 6.03.